The summed E-state index contributed by atoms with van der Waals surface area (Å²) in [6, 6.07) is 0. The third kappa shape index (κ3) is 4.53. The summed E-state index contributed by atoms with van der Waals surface area (Å²) in [5.41, 5.74) is 0. The van der Waals surface area contributed by atoms with Crippen LogP contribution in [0.2, 0.25) is 0 Å². The molecule has 0 N–H and O–H groups in total. The van der Waals surface area contributed by atoms with E-state index < -0.39 is 24.0 Å². The lowest BCUT2D eigenvalue weighted by molar-refractivity contribution is -0.194. The Labute approximate surface area is 87.8 Å². The zero-order chi connectivity index (χ0) is 12.1. The van der Waals surface area contributed by atoms with Crippen LogP contribution in [0.4, 0.5) is 13.2 Å². The van der Waals surface area contributed by atoms with Gasteiger partial charge in [-0.1, -0.05) is 20.3 Å². The van der Waals surface area contributed by atoms with Gasteiger partial charge < -0.3 is 4.74 Å². The van der Waals surface area contributed by atoms with Gasteiger partial charge in [-0.2, -0.15) is 13.2 Å². The average Bonchev–Trinajstić information content (AvgIpc) is 2.12. The van der Waals surface area contributed by atoms with Crippen molar-refractivity contribution >= 4 is 5.97 Å². The molecule has 0 aromatic carbocycles. The van der Waals surface area contributed by atoms with E-state index in [1.165, 1.54) is 0 Å². The number of halogens is 3. The minimum absolute atomic E-state index is 0.115. The highest BCUT2D eigenvalue weighted by atomic mass is 19.4. The summed E-state index contributed by atoms with van der Waals surface area (Å²) < 4.78 is 41.9. The molecule has 0 rings (SSSR count). The van der Waals surface area contributed by atoms with Crippen LogP contribution in [-0.4, -0.2) is 18.8 Å². The Morgan fingerprint density at radius 2 is 1.87 bits per heavy atom. The fourth-order valence-electron chi connectivity index (χ4n) is 1.36. The van der Waals surface area contributed by atoms with Gasteiger partial charge in [0.05, 0.1) is 18.4 Å². The van der Waals surface area contributed by atoms with Gasteiger partial charge in [0.25, 0.3) is 0 Å². The minimum atomic E-state index is -4.34. The molecule has 0 heterocycles. The Hall–Kier alpha value is -0.740. The first kappa shape index (κ1) is 14.3. The summed E-state index contributed by atoms with van der Waals surface area (Å²) >= 11 is 0. The van der Waals surface area contributed by atoms with Crippen molar-refractivity contribution in [2.45, 2.75) is 39.8 Å². The summed E-state index contributed by atoms with van der Waals surface area (Å²) in [6.45, 7) is 4.47. The standard InChI is InChI=1S/C10H17F3O2/c1-4-6-8(9(14)15-5-2)7(3)10(11,12)13/h7-8H,4-6H2,1-3H3. The van der Waals surface area contributed by atoms with E-state index in [2.05, 4.69) is 4.74 Å². The molecule has 0 saturated heterocycles. The molecular weight excluding hydrogens is 209 g/mol. The number of carbonyl (C=O) groups is 1. The normalized spacial score (nSPS) is 15.9. The zero-order valence-electron chi connectivity index (χ0n) is 9.23. The van der Waals surface area contributed by atoms with Crippen LogP contribution in [0.1, 0.15) is 33.6 Å². The second kappa shape index (κ2) is 5.98. The van der Waals surface area contributed by atoms with Gasteiger partial charge >= 0.3 is 12.1 Å². The topological polar surface area (TPSA) is 26.3 Å². The molecule has 0 aliphatic heterocycles. The van der Waals surface area contributed by atoms with E-state index in [0.717, 1.165) is 6.92 Å². The fraction of sp³-hybridized carbons (Fsp3) is 0.900. The van der Waals surface area contributed by atoms with E-state index in [-0.39, 0.29) is 13.0 Å². The quantitative estimate of drug-likeness (QED) is 0.673. The van der Waals surface area contributed by atoms with E-state index in [9.17, 15) is 18.0 Å². The van der Waals surface area contributed by atoms with E-state index in [0.29, 0.717) is 6.42 Å². The lowest BCUT2D eigenvalue weighted by Crippen LogP contribution is -2.33. The molecule has 0 aromatic heterocycles. The first-order valence-electron chi connectivity index (χ1n) is 5.07. The van der Waals surface area contributed by atoms with Crippen LogP contribution in [0, 0.1) is 11.8 Å². The van der Waals surface area contributed by atoms with Gasteiger partial charge in [0, 0.05) is 0 Å². The van der Waals surface area contributed by atoms with Gasteiger partial charge in [0.1, 0.15) is 0 Å². The summed E-state index contributed by atoms with van der Waals surface area (Å²) in [4.78, 5) is 11.3. The Morgan fingerprint density at radius 3 is 2.20 bits per heavy atom. The molecule has 0 amide bonds. The summed E-state index contributed by atoms with van der Waals surface area (Å²) in [7, 11) is 0. The SMILES string of the molecule is CCCC(C(=O)OCC)C(C)C(F)(F)F. The highest BCUT2D eigenvalue weighted by molar-refractivity contribution is 5.72. The van der Waals surface area contributed by atoms with Crippen molar-refractivity contribution in [1.82, 2.24) is 0 Å². The number of esters is 1. The van der Waals surface area contributed by atoms with Crippen molar-refractivity contribution in [3.63, 3.8) is 0 Å². The molecule has 5 heteroatoms. The molecular formula is C10H17F3O2. The fourth-order valence-corrected chi connectivity index (χ4v) is 1.36. The van der Waals surface area contributed by atoms with Crippen LogP contribution < -0.4 is 0 Å². The Kier molecular flexibility index (Phi) is 5.68. The molecule has 2 nitrogen and oxygen atoms in total. The van der Waals surface area contributed by atoms with Crippen LogP contribution >= 0.6 is 0 Å². The number of carbonyl (C=O) groups excluding carboxylic acids is 1. The maximum absolute atomic E-state index is 12.4. The Morgan fingerprint density at radius 1 is 1.33 bits per heavy atom. The van der Waals surface area contributed by atoms with Crippen molar-refractivity contribution in [1.29, 1.82) is 0 Å². The van der Waals surface area contributed by atoms with Gasteiger partial charge in [0.15, 0.2) is 0 Å². The molecule has 0 saturated carbocycles. The first-order chi connectivity index (χ1) is 6.84. The van der Waals surface area contributed by atoms with Crippen LogP contribution in [-0.2, 0) is 9.53 Å². The van der Waals surface area contributed by atoms with Crippen molar-refractivity contribution in [3.05, 3.63) is 0 Å². The second-order valence-electron chi connectivity index (χ2n) is 3.48. The third-order valence-corrected chi connectivity index (χ3v) is 2.31. The molecule has 0 spiro atoms. The summed E-state index contributed by atoms with van der Waals surface area (Å²) in [6.07, 6.45) is -3.60. The summed E-state index contributed by atoms with van der Waals surface area (Å²) in [5.74, 6) is -3.46. The van der Waals surface area contributed by atoms with Crippen LogP contribution in [0.15, 0.2) is 0 Å². The molecule has 0 aliphatic carbocycles. The maximum atomic E-state index is 12.4. The molecule has 90 valence electrons. The zero-order valence-corrected chi connectivity index (χ0v) is 9.23. The van der Waals surface area contributed by atoms with Gasteiger partial charge in [-0.05, 0) is 13.3 Å². The van der Waals surface area contributed by atoms with Crippen LogP contribution in [0.5, 0.6) is 0 Å². The van der Waals surface area contributed by atoms with Crippen molar-refractivity contribution in [2.24, 2.45) is 11.8 Å². The predicted molar refractivity (Wildman–Crippen MR) is 50.3 cm³/mol. The molecule has 0 aromatic rings. The van der Waals surface area contributed by atoms with E-state index in [1.54, 1.807) is 13.8 Å². The minimum Gasteiger partial charge on any atom is -0.466 e. The highest BCUT2D eigenvalue weighted by Gasteiger charge is 2.44. The van der Waals surface area contributed by atoms with Crippen molar-refractivity contribution in [3.8, 4) is 0 Å². The van der Waals surface area contributed by atoms with Crippen molar-refractivity contribution < 1.29 is 22.7 Å². The monoisotopic (exact) mass is 226 g/mol. The van der Waals surface area contributed by atoms with Gasteiger partial charge in [-0.15, -0.1) is 0 Å². The second-order valence-corrected chi connectivity index (χ2v) is 3.48. The average molecular weight is 226 g/mol. The number of ether oxygens (including phenoxy) is 1. The largest absolute Gasteiger partial charge is 0.466 e. The molecule has 2 atom stereocenters. The molecule has 0 bridgehead atoms. The van der Waals surface area contributed by atoms with Crippen LogP contribution in [0.3, 0.4) is 0 Å². The number of hydrogen-bond acceptors (Lipinski definition) is 2. The smallest absolute Gasteiger partial charge is 0.392 e. The lowest BCUT2D eigenvalue weighted by Gasteiger charge is -2.23. The first-order valence-corrected chi connectivity index (χ1v) is 5.07. The van der Waals surface area contributed by atoms with Crippen molar-refractivity contribution in [2.75, 3.05) is 6.61 Å². The third-order valence-electron chi connectivity index (χ3n) is 2.31. The van der Waals surface area contributed by atoms with Crippen LogP contribution in [0.25, 0.3) is 0 Å². The number of alkyl halides is 3. The predicted octanol–water partition coefficient (Wildman–Crippen LogP) is 3.16. The van der Waals surface area contributed by atoms with E-state index >= 15 is 0 Å². The Balaban J connectivity index is 4.57. The molecule has 0 radical (unpaired) electrons. The number of hydrogen-bond donors (Lipinski definition) is 0. The highest BCUT2D eigenvalue weighted by Crippen LogP contribution is 2.34. The molecule has 2 unspecified atom stereocenters. The van der Waals surface area contributed by atoms with Gasteiger partial charge in [0.2, 0.25) is 0 Å². The van der Waals surface area contributed by atoms with E-state index in [4.69, 9.17) is 0 Å². The molecule has 15 heavy (non-hydrogen) atoms. The maximum Gasteiger partial charge on any atom is 0.392 e. The molecule has 0 aliphatic rings. The number of rotatable bonds is 5. The van der Waals surface area contributed by atoms with Gasteiger partial charge in [-0.3, -0.25) is 4.79 Å². The summed E-state index contributed by atoms with van der Waals surface area (Å²) in [5, 5.41) is 0. The van der Waals surface area contributed by atoms with E-state index in [1.807, 2.05) is 0 Å². The van der Waals surface area contributed by atoms with Gasteiger partial charge in [-0.25, -0.2) is 0 Å². The molecule has 0 fully saturated rings. The lowest BCUT2D eigenvalue weighted by atomic mass is 9.89. The Bertz CT molecular complexity index is 201.